The average molecular weight is 295 g/mol. The monoisotopic (exact) mass is 295 g/mol. The first-order valence-corrected chi connectivity index (χ1v) is 7.12. The largest absolute Gasteiger partial charge is 0.497 e. The SMILES string of the molecule is COC(=O)CCC(NC(C)C)C(O)c1ccc(OC)cc1. The first kappa shape index (κ1) is 17.5. The molecule has 0 bridgehead atoms. The molecule has 21 heavy (non-hydrogen) atoms. The summed E-state index contributed by atoms with van der Waals surface area (Å²) in [7, 11) is 2.97. The number of nitrogens with one attached hydrogen (secondary N) is 1. The van der Waals surface area contributed by atoms with Crippen molar-refractivity contribution in [3.8, 4) is 5.75 Å². The third-order valence-corrected chi connectivity index (χ3v) is 3.27. The molecule has 0 spiro atoms. The highest BCUT2D eigenvalue weighted by Crippen LogP contribution is 2.23. The summed E-state index contributed by atoms with van der Waals surface area (Å²) in [5.74, 6) is 0.473. The van der Waals surface area contributed by atoms with Gasteiger partial charge in [0.05, 0.1) is 20.3 Å². The van der Waals surface area contributed by atoms with Crippen LogP contribution in [0.15, 0.2) is 24.3 Å². The molecule has 2 unspecified atom stereocenters. The number of esters is 1. The quantitative estimate of drug-likeness (QED) is 0.718. The number of hydrogen-bond acceptors (Lipinski definition) is 5. The normalized spacial score (nSPS) is 13.8. The highest BCUT2D eigenvalue weighted by atomic mass is 16.5. The molecule has 0 heterocycles. The molecule has 0 amide bonds. The van der Waals surface area contributed by atoms with Crippen LogP contribution in [0.25, 0.3) is 0 Å². The zero-order valence-electron chi connectivity index (χ0n) is 13.1. The lowest BCUT2D eigenvalue weighted by Gasteiger charge is -2.26. The van der Waals surface area contributed by atoms with Gasteiger partial charge >= 0.3 is 5.97 Å². The number of carbonyl (C=O) groups excluding carboxylic acids is 1. The number of carbonyl (C=O) groups is 1. The molecule has 1 aromatic carbocycles. The van der Waals surface area contributed by atoms with Gasteiger partial charge in [-0.1, -0.05) is 26.0 Å². The third-order valence-electron chi connectivity index (χ3n) is 3.27. The number of aliphatic hydroxyl groups is 1. The Bertz CT molecular complexity index is 430. The van der Waals surface area contributed by atoms with Crippen LogP contribution in [0.2, 0.25) is 0 Å². The van der Waals surface area contributed by atoms with Crippen molar-refractivity contribution in [2.45, 2.75) is 44.9 Å². The second kappa shape index (κ2) is 8.64. The standard InChI is InChI=1S/C16H25NO4/c1-11(2)17-14(9-10-15(18)21-4)16(19)12-5-7-13(20-3)8-6-12/h5-8,11,14,16-17,19H,9-10H2,1-4H3. The molecule has 1 aromatic rings. The molecule has 5 nitrogen and oxygen atoms in total. The van der Waals surface area contributed by atoms with Gasteiger partial charge in [0.15, 0.2) is 0 Å². The fraction of sp³-hybridized carbons (Fsp3) is 0.562. The number of aliphatic hydroxyl groups excluding tert-OH is 1. The van der Waals surface area contributed by atoms with Gasteiger partial charge in [0.2, 0.25) is 0 Å². The summed E-state index contributed by atoms with van der Waals surface area (Å²) in [6.45, 7) is 4.01. The van der Waals surface area contributed by atoms with E-state index in [1.54, 1.807) is 7.11 Å². The highest BCUT2D eigenvalue weighted by molar-refractivity contribution is 5.69. The minimum Gasteiger partial charge on any atom is -0.497 e. The fourth-order valence-electron chi connectivity index (χ4n) is 2.17. The van der Waals surface area contributed by atoms with Gasteiger partial charge in [0.25, 0.3) is 0 Å². The summed E-state index contributed by atoms with van der Waals surface area (Å²) >= 11 is 0. The lowest BCUT2D eigenvalue weighted by Crippen LogP contribution is -2.39. The van der Waals surface area contributed by atoms with Crippen LogP contribution in [-0.2, 0) is 9.53 Å². The van der Waals surface area contributed by atoms with Crippen LogP contribution in [0.1, 0.15) is 38.4 Å². The van der Waals surface area contributed by atoms with E-state index in [2.05, 4.69) is 10.1 Å². The molecule has 0 aliphatic carbocycles. The van der Waals surface area contributed by atoms with Crippen molar-refractivity contribution in [2.75, 3.05) is 14.2 Å². The number of benzene rings is 1. The Morgan fingerprint density at radius 1 is 1.24 bits per heavy atom. The van der Waals surface area contributed by atoms with E-state index in [1.807, 2.05) is 38.1 Å². The summed E-state index contributed by atoms with van der Waals surface area (Å²) in [5, 5.41) is 13.8. The van der Waals surface area contributed by atoms with E-state index in [4.69, 9.17) is 4.74 Å². The second-order valence-electron chi connectivity index (χ2n) is 5.26. The van der Waals surface area contributed by atoms with E-state index in [-0.39, 0.29) is 24.5 Å². The molecule has 0 aliphatic heterocycles. The lowest BCUT2D eigenvalue weighted by molar-refractivity contribution is -0.141. The molecule has 0 saturated carbocycles. The van der Waals surface area contributed by atoms with E-state index >= 15 is 0 Å². The van der Waals surface area contributed by atoms with Crippen LogP contribution >= 0.6 is 0 Å². The number of hydrogen-bond donors (Lipinski definition) is 2. The maximum Gasteiger partial charge on any atom is 0.305 e. The molecule has 2 N–H and O–H groups in total. The summed E-state index contributed by atoms with van der Waals surface area (Å²) < 4.78 is 9.77. The Morgan fingerprint density at radius 2 is 1.86 bits per heavy atom. The van der Waals surface area contributed by atoms with Gasteiger partial charge in [-0.05, 0) is 24.1 Å². The molecular formula is C16H25NO4. The maximum absolute atomic E-state index is 11.3. The Morgan fingerprint density at radius 3 is 2.33 bits per heavy atom. The summed E-state index contributed by atoms with van der Waals surface area (Å²) in [5.41, 5.74) is 0.791. The second-order valence-corrected chi connectivity index (χ2v) is 5.26. The first-order valence-electron chi connectivity index (χ1n) is 7.12. The minimum absolute atomic E-state index is 0.209. The first-order chi connectivity index (χ1) is 9.97. The molecule has 5 heteroatoms. The summed E-state index contributed by atoms with van der Waals surface area (Å²) in [6.07, 6.45) is 0.0922. The predicted octanol–water partition coefficient (Wildman–Crippen LogP) is 2.05. The van der Waals surface area contributed by atoms with E-state index < -0.39 is 6.10 Å². The zero-order valence-corrected chi connectivity index (χ0v) is 13.1. The van der Waals surface area contributed by atoms with Crippen molar-refractivity contribution >= 4 is 5.97 Å². The molecule has 0 radical (unpaired) electrons. The predicted molar refractivity (Wildman–Crippen MR) is 81.3 cm³/mol. The van der Waals surface area contributed by atoms with Crippen LogP contribution in [-0.4, -0.2) is 37.4 Å². The number of ether oxygens (including phenoxy) is 2. The van der Waals surface area contributed by atoms with Gasteiger partial charge in [-0.15, -0.1) is 0 Å². The van der Waals surface area contributed by atoms with Crippen LogP contribution in [0.5, 0.6) is 5.75 Å². The van der Waals surface area contributed by atoms with Crippen molar-refractivity contribution in [2.24, 2.45) is 0 Å². The topological polar surface area (TPSA) is 67.8 Å². The van der Waals surface area contributed by atoms with Gasteiger partial charge in [0, 0.05) is 18.5 Å². The maximum atomic E-state index is 11.3. The van der Waals surface area contributed by atoms with Crippen molar-refractivity contribution in [3.05, 3.63) is 29.8 Å². The van der Waals surface area contributed by atoms with Crippen LogP contribution < -0.4 is 10.1 Å². The summed E-state index contributed by atoms with van der Waals surface area (Å²) in [4.78, 5) is 11.3. The van der Waals surface area contributed by atoms with Crippen molar-refractivity contribution in [1.29, 1.82) is 0 Å². The van der Waals surface area contributed by atoms with Gasteiger partial charge in [0.1, 0.15) is 5.75 Å². The number of rotatable bonds is 8. The molecule has 0 aliphatic rings. The molecule has 0 aromatic heterocycles. The Labute approximate surface area is 126 Å². The Kier molecular flexibility index (Phi) is 7.19. The molecular weight excluding hydrogens is 270 g/mol. The van der Waals surface area contributed by atoms with Crippen molar-refractivity contribution in [1.82, 2.24) is 5.32 Å². The fourth-order valence-corrected chi connectivity index (χ4v) is 2.17. The average Bonchev–Trinajstić information content (AvgIpc) is 2.50. The Balaban J connectivity index is 2.76. The van der Waals surface area contributed by atoms with Gasteiger partial charge in [-0.2, -0.15) is 0 Å². The van der Waals surface area contributed by atoms with Crippen LogP contribution in [0.3, 0.4) is 0 Å². The van der Waals surface area contributed by atoms with E-state index in [0.29, 0.717) is 6.42 Å². The highest BCUT2D eigenvalue weighted by Gasteiger charge is 2.22. The Hall–Kier alpha value is -1.59. The molecule has 118 valence electrons. The smallest absolute Gasteiger partial charge is 0.305 e. The van der Waals surface area contributed by atoms with Crippen molar-refractivity contribution in [3.63, 3.8) is 0 Å². The van der Waals surface area contributed by atoms with E-state index in [0.717, 1.165) is 11.3 Å². The van der Waals surface area contributed by atoms with E-state index in [9.17, 15) is 9.90 Å². The molecule has 0 fully saturated rings. The van der Waals surface area contributed by atoms with E-state index in [1.165, 1.54) is 7.11 Å². The van der Waals surface area contributed by atoms with Crippen molar-refractivity contribution < 1.29 is 19.4 Å². The third kappa shape index (κ3) is 5.73. The summed E-state index contributed by atoms with van der Waals surface area (Å²) in [6, 6.07) is 7.28. The zero-order chi connectivity index (χ0) is 15.8. The molecule has 0 saturated heterocycles. The van der Waals surface area contributed by atoms with Gasteiger partial charge in [-0.25, -0.2) is 0 Å². The minimum atomic E-state index is -0.692. The van der Waals surface area contributed by atoms with Gasteiger partial charge in [-0.3, -0.25) is 4.79 Å². The van der Waals surface area contributed by atoms with Gasteiger partial charge < -0.3 is 19.9 Å². The lowest BCUT2D eigenvalue weighted by atomic mass is 9.97. The molecule has 1 rings (SSSR count). The molecule has 2 atom stereocenters. The van der Waals surface area contributed by atoms with Crippen LogP contribution in [0.4, 0.5) is 0 Å². The number of methoxy groups -OCH3 is 2. The van der Waals surface area contributed by atoms with Crippen LogP contribution in [0, 0.1) is 0 Å².